The standard InChI is InChI=1S/C11H11NO4S/c1-17(14,15)8-2-3-10-9(5-8)7(6-16-10)4-11(12)13/h2-3,5-6H,4H2,1H3,(H2,12,13). The number of carbonyl (C=O) groups excluding carboxylic acids is 1. The molecule has 0 saturated heterocycles. The van der Waals surface area contributed by atoms with Gasteiger partial charge >= 0.3 is 0 Å². The summed E-state index contributed by atoms with van der Waals surface area (Å²) < 4.78 is 28.0. The van der Waals surface area contributed by atoms with Crippen LogP contribution in [0.3, 0.4) is 0 Å². The van der Waals surface area contributed by atoms with Crippen molar-refractivity contribution in [2.75, 3.05) is 6.26 Å². The van der Waals surface area contributed by atoms with E-state index in [1.54, 1.807) is 6.07 Å². The zero-order valence-corrected chi connectivity index (χ0v) is 9.95. The highest BCUT2D eigenvalue weighted by Gasteiger charge is 2.13. The summed E-state index contributed by atoms with van der Waals surface area (Å²) in [6.07, 6.45) is 2.57. The minimum absolute atomic E-state index is 0.0280. The van der Waals surface area contributed by atoms with Gasteiger partial charge in [0.15, 0.2) is 9.84 Å². The van der Waals surface area contributed by atoms with Crippen LogP contribution in [0.1, 0.15) is 5.56 Å². The first-order valence-electron chi connectivity index (χ1n) is 4.86. The highest BCUT2D eigenvalue weighted by atomic mass is 32.2. The first kappa shape index (κ1) is 11.7. The van der Waals surface area contributed by atoms with E-state index in [4.69, 9.17) is 10.2 Å². The average molecular weight is 253 g/mol. The second-order valence-electron chi connectivity index (χ2n) is 3.83. The molecule has 0 bridgehead atoms. The average Bonchev–Trinajstić information content (AvgIpc) is 2.59. The van der Waals surface area contributed by atoms with Gasteiger partial charge in [0.25, 0.3) is 0 Å². The number of hydrogen-bond acceptors (Lipinski definition) is 4. The largest absolute Gasteiger partial charge is 0.464 e. The maximum Gasteiger partial charge on any atom is 0.221 e. The second kappa shape index (κ2) is 3.89. The van der Waals surface area contributed by atoms with Gasteiger partial charge in [-0.05, 0) is 18.2 Å². The van der Waals surface area contributed by atoms with Gasteiger partial charge in [0, 0.05) is 17.2 Å². The molecule has 0 aliphatic rings. The Balaban J connectivity index is 2.62. The van der Waals surface area contributed by atoms with Crippen LogP contribution in [0.25, 0.3) is 11.0 Å². The number of primary amides is 1. The molecule has 0 atom stereocenters. The zero-order chi connectivity index (χ0) is 12.6. The molecule has 6 heteroatoms. The monoisotopic (exact) mass is 253 g/mol. The van der Waals surface area contributed by atoms with Crippen LogP contribution in [0.15, 0.2) is 33.8 Å². The molecule has 1 amide bonds. The van der Waals surface area contributed by atoms with Gasteiger partial charge in [-0.3, -0.25) is 4.79 Å². The fourth-order valence-corrected chi connectivity index (χ4v) is 2.26. The van der Waals surface area contributed by atoms with Gasteiger partial charge in [-0.1, -0.05) is 0 Å². The van der Waals surface area contributed by atoms with Gasteiger partial charge in [0.1, 0.15) is 5.58 Å². The number of carbonyl (C=O) groups is 1. The molecule has 90 valence electrons. The third-order valence-electron chi connectivity index (χ3n) is 2.42. The molecule has 0 unspecified atom stereocenters. The number of benzene rings is 1. The number of fused-ring (bicyclic) bond motifs is 1. The lowest BCUT2D eigenvalue weighted by molar-refractivity contribution is -0.117. The maximum absolute atomic E-state index is 11.4. The molecule has 1 aromatic carbocycles. The zero-order valence-electron chi connectivity index (χ0n) is 9.14. The van der Waals surface area contributed by atoms with Crippen LogP contribution in [0.2, 0.25) is 0 Å². The molecule has 2 aromatic rings. The van der Waals surface area contributed by atoms with E-state index in [1.807, 2.05) is 0 Å². The summed E-state index contributed by atoms with van der Waals surface area (Å²) in [5, 5.41) is 0.603. The lowest BCUT2D eigenvalue weighted by Gasteiger charge is -1.99. The van der Waals surface area contributed by atoms with Crippen molar-refractivity contribution < 1.29 is 17.6 Å². The molecular formula is C11H11NO4S. The second-order valence-corrected chi connectivity index (χ2v) is 5.85. The first-order valence-corrected chi connectivity index (χ1v) is 6.75. The number of nitrogens with two attached hydrogens (primary N) is 1. The van der Waals surface area contributed by atoms with Gasteiger partial charge in [-0.15, -0.1) is 0 Å². The molecule has 0 radical (unpaired) electrons. The minimum atomic E-state index is -3.28. The number of amides is 1. The summed E-state index contributed by atoms with van der Waals surface area (Å²) in [5.74, 6) is -0.488. The van der Waals surface area contributed by atoms with Crippen molar-refractivity contribution in [3.8, 4) is 0 Å². The van der Waals surface area contributed by atoms with Gasteiger partial charge in [0.2, 0.25) is 5.91 Å². The number of hydrogen-bond donors (Lipinski definition) is 1. The Kier molecular flexibility index (Phi) is 2.66. The lowest BCUT2D eigenvalue weighted by Crippen LogP contribution is -2.13. The molecule has 0 fully saturated rings. The summed E-state index contributed by atoms with van der Waals surface area (Å²) in [4.78, 5) is 11.0. The minimum Gasteiger partial charge on any atom is -0.464 e. The molecule has 1 heterocycles. The molecule has 1 aromatic heterocycles. The van der Waals surface area contributed by atoms with Crippen LogP contribution >= 0.6 is 0 Å². The van der Waals surface area contributed by atoms with Gasteiger partial charge < -0.3 is 10.2 Å². The van der Waals surface area contributed by atoms with Crippen molar-refractivity contribution in [2.45, 2.75) is 11.3 Å². The van der Waals surface area contributed by atoms with Crippen molar-refractivity contribution in [2.24, 2.45) is 5.73 Å². The van der Waals surface area contributed by atoms with E-state index >= 15 is 0 Å². The summed E-state index contributed by atoms with van der Waals surface area (Å²) in [6, 6.07) is 4.53. The van der Waals surface area contributed by atoms with Gasteiger partial charge in [-0.2, -0.15) is 0 Å². The topological polar surface area (TPSA) is 90.4 Å². The Morgan fingerprint density at radius 1 is 1.41 bits per heavy atom. The summed E-state index contributed by atoms with van der Waals surface area (Å²) in [5.41, 5.74) is 6.23. The van der Waals surface area contributed by atoms with Crippen LogP contribution in [0.5, 0.6) is 0 Å². The molecule has 5 nitrogen and oxygen atoms in total. The van der Waals surface area contributed by atoms with E-state index in [9.17, 15) is 13.2 Å². The number of rotatable bonds is 3. The molecule has 0 saturated carbocycles. The van der Waals surface area contributed by atoms with Crippen LogP contribution in [0.4, 0.5) is 0 Å². The SMILES string of the molecule is CS(=O)(=O)c1ccc2occ(CC(N)=O)c2c1. The summed E-state index contributed by atoms with van der Waals surface area (Å²) in [6.45, 7) is 0. The fourth-order valence-electron chi connectivity index (χ4n) is 1.62. The van der Waals surface area contributed by atoms with Crippen molar-refractivity contribution >= 4 is 26.7 Å². The van der Waals surface area contributed by atoms with Crippen molar-refractivity contribution in [1.82, 2.24) is 0 Å². The van der Waals surface area contributed by atoms with Crippen molar-refractivity contribution in [3.63, 3.8) is 0 Å². The fraction of sp³-hybridized carbons (Fsp3) is 0.182. The van der Waals surface area contributed by atoms with E-state index in [0.29, 0.717) is 16.5 Å². The molecule has 2 N–H and O–H groups in total. The quantitative estimate of drug-likeness (QED) is 0.878. The Labute approximate surface area is 98.1 Å². The molecule has 0 spiro atoms. The summed E-state index contributed by atoms with van der Waals surface area (Å²) >= 11 is 0. The maximum atomic E-state index is 11.4. The Morgan fingerprint density at radius 2 is 2.12 bits per heavy atom. The normalized spacial score (nSPS) is 11.8. The third kappa shape index (κ3) is 2.31. The van der Waals surface area contributed by atoms with Gasteiger partial charge in [-0.25, -0.2) is 8.42 Å². The van der Waals surface area contributed by atoms with Crippen LogP contribution in [-0.4, -0.2) is 20.6 Å². The molecular weight excluding hydrogens is 242 g/mol. The van der Waals surface area contributed by atoms with Crippen molar-refractivity contribution in [1.29, 1.82) is 0 Å². The highest BCUT2D eigenvalue weighted by Crippen LogP contribution is 2.24. The Bertz CT molecular complexity index is 685. The number of furan rings is 1. The third-order valence-corrected chi connectivity index (χ3v) is 3.53. The predicted octanol–water partition coefficient (Wildman–Crippen LogP) is 0.864. The van der Waals surface area contributed by atoms with Crippen molar-refractivity contribution in [3.05, 3.63) is 30.0 Å². The van der Waals surface area contributed by atoms with E-state index in [0.717, 1.165) is 6.26 Å². The first-order chi connectivity index (χ1) is 7.88. The lowest BCUT2D eigenvalue weighted by atomic mass is 10.1. The van der Waals surface area contributed by atoms with Crippen LogP contribution < -0.4 is 5.73 Å². The van der Waals surface area contributed by atoms with E-state index in [1.165, 1.54) is 18.4 Å². The smallest absolute Gasteiger partial charge is 0.221 e. The van der Waals surface area contributed by atoms with E-state index < -0.39 is 15.7 Å². The number of sulfone groups is 1. The Hall–Kier alpha value is -1.82. The molecule has 17 heavy (non-hydrogen) atoms. The van der Waals surface area contributed by atoms with E-state index in [-0.39, 0.29) is 11.3 Å². The van der Waals surface area contributed by atoms with Gasteiger partial charge in [0.05, 0.1) is 17.6 Å². The molecule has 0 aliphatic carbocycles. The Morgan fingerprint density at radius 3 is 2.71 bits per heavy atom. The predicted molar refractivity (Wildman–Crippen MR) is 62.2 cm³/mol. The highest BCUT2D eigenvalue weighted by molar-refractivity contribution is 7.90. The summed E-state index contributed by atoms with van der Waals surface area (Å²) in [7, 11) is -3.28. The van der Waals surface area contributed by atoms with E-state index in [2.05, 4.69) is 0 Å². The van der Waals surface area contributed by atoms with Crippen LogP contribution in [-0.2, 0) is 21.1 Å². The molecule has 0 aliphatic heterocycles. The van der Waals surface area contributed by atoms with Crippen LogP contribution in [0, 0.1) is 0 Å². The molecule has 2 rings (SSSR count).